The van der Waals surface area contributed by atoms with Gasteiger partial charge in [-0.15, -0.1) is 0 Å². The Kier molecular flexibility index (Phi) is 3.73. The van der Waals surface area contributed by atoms with Gasteiger partial charge in [-0.05, 0) is 24.3 Å². The van der Waals surface area contributed by atoms with Gasteiger partial charge in [-0.3, -0.25) is 4.79 Å². The smallest absolute Gasteiger partial charge is 0.263 e. The fraction of sp³-hybridized carbons (Fsp3) is 0.0667. The number of halogens is 4. The van der Waals surface area contributed by atoms with Crippen LogP contribution in [-0.2, 0) is 7.05 Å². The molecule has 3 aromatic rings. The van der Waals surface area contributed by atoms with E-state index in [9.17, 15) is 18.0 Å². The van der Waals surface area contributed by atoms with Crippen LogP contribution in [0.3, 0.4) is 0 Å². The Bertz CT molecular complexity index is 988. The van der Waals surface area contributed by atoms with E-state index in [0.717, 1.165) is 16.7 Å². The zero-order valence-corrected chi connectivity index (χ0v) is 12.5. The Balaban J connectivity index is 2.19. The normalized spacial score (nSPS) is 11.0. The van der Waals surface area contributed by atoms with Crippen molar-refractivity contribution in [3.63, 3.8) is 0 Å². The first-order valence-electron chi connectivity index (χ1n) is 6.44. The van der Waals surface area contributed by atoms with Crippen molar-refractivity contribution in [3.8, 4) is 0 Å². The van der Waals surface area contributed by atoms with E-state index < -0.39 is 28.7 Å². The molecule has 0 spiro atoms. The van der Waals surface area contributed by atoms with E-state index >= 15 is 0 Å². The van der Waals surface area contributed by atoms with Gasteiger partial charge in [-0.25, -0.2) is 18.2 Å². The quantitative estimate of drug-likeness (QED) is 0.723. The molecule has 8 heteroatoms. The molecule has 0 radical (unpaired) electrons. The van der Waals surface area contributed by atoms with Crippen molar-refractivity contribution in [1.29, 1.82) is 0 Å². The summed E-state index contributed by atoms with van der Waals surface area (Å²) in [5, 5.41) is 2.01. The lowest BCUT2D eigenvalue weighted by Gasteiger charge is -2.12. The first-order chi connectivity index (χ1) is 10.9. The predicted molar refractivity (Wildman–Crippen MR) is 81.6 cm³/mol. The van der Waals surface area contributed by atoms with Gasteiger partial charge in [0.15, 0.2) is 17.5 Å². The van der Waals surface area contributed by atoms with E-state index in [4.69, 9.17) is 11.6 Å². The average molecular weight is 340 g/mol. The van der Waals surface area contributed by atoms with Gasteiger partial charge in [0, 0.05) is 7.05 Å². The number of nitrogens with zero attached hydrogens (tertiary/aromatic N) is 2. The van der Waals surface area contributed by atoms with Crippen molar-refractivity contribution < 1.29 is 13.2 Å². The summed E-state index contributed by atoms with van der Waals surface area (Å²) in [6, 6.07) is 4.67. The van der Waals surface area contributed by atoms with Crippen molar-refractivity contribution in [2.75, 3.05) is 5.32 Å². The second-order valence-electron chi connectivity index (χ2n) is 4.83. The van der Waals surface area contributed by atoms with Crippen LogP contribution < -0.4 is 10.9 Å². The molecule has 0 aliphatic carbocycles. The van der Waals surface area contributed by atoms with E-state index in [1.807, 2.05) is 0 Å². The Morgan fingerprint density at radius 3 is 2.61 bits per heavy atom. The Morgan fingerprint density at radius 2 is 1.87 bits per heavy atom. The number of aryl methyl sites for hydroxylation is 1. The number of fused-ring (bicyclic) bond motifs is 1. The number of anilines is 2. The fourth-order valence-electron chi connectivity index (χ4n) is 2.13. The van der Waals surface area contributed by atoms with Crippen molar-refractivity contribution >= 4 is 33.9 Å². The summed E-state index contributed by atoms with van der Waals surface area (Å²) in [5.74, 6) is -3.29. The maximum absolute atomic E-state index is 14.6. The highest BCUT2D eigenvalue weighted by Crippen LogP contribution is 2.32. The van der Waals surface area contributed by atoms with E-state index in [0.29, 0.717) is 0 Å². The molecule has 1 aromatic heterocycles. The third-order valence-corrected chi connectivity index (χ3v) is 3.64. The Hall–Kier alpha value is -2.54. The molecule has 0 aliphatic rings. The second-order valence-corrected chi connectivity index (χ2v) is 5.23. The van der Waals surface area contributed by atoms with Gasteiger partial charge in [0.2, 0.25) is 0 Å². The van der Waals surface area contributed by atoms with E-state index in [-0.39, 0.29) is 21.6 Å². The number of aromatic nitrogens is 2. The van der Waals surface area contributed by atoms with Crippen LogP contribution >= 0.6 is 11.6 Å². The predicted octanol–water partition coefficient (Wildman–Crippen LogP) is 3.75. The highest BCUT2D eigenvalue weighted by atomic mass is 35.5. The lowest BCUT2D eigenvalue weighted by Crippen LogP contribution is -2.18. The molecule has 2 aromatic carbocycles. The standard InChI is InChI=1S/C15H9ClF3N3O/c1-22-6-20-9-4-5-10(13(19)11(9)15(22)23)21-14-7(16)2-3-8(17)12(14)18/h2-6,21H,1H3. The van der Waals surface area contributed by atoms with Crippen molar-refractivity contribution in [2.24, 2.45) is 7.05 Å². The van der Waals surface area contributed by atoms with Crippen LogP contribution in [-0.4, -0.2) is 9.55 Å². The summed E-state index contributed by atoms with van der Waals surface area (Å²) in [5.41, 5.74) is -1.07. The summed E-state index contributed by atoms with van der Waals surface area (Å²) in [6.07, 6.45) is 1.26. The molecule has 0 unspecified atom stereocenters. The average Bonchev–Trinajstić information content (AvgIpc) is 2.53. The molecule has 1 heterocycles. The molecule has 23 heavy (non-hydrogen) atoms. The summed E-state index contributed by atoms with van der Waals surface area (Å²) < 4.78 is 42.8. The number of benzene rings is 2. The molecule has 118 valence electrons. The van der Waals surface area contributed by atoms with E-state index in [1.165, 1.54) is 25.5 Å². The van der Waals surface area contributed by atoms with Gasteiger partial charge in [0.25, 0.3) is 5.56 Å². The monoisotopic (exact) mass is 339 g/mol. The van der Waals surface area contributed by atoms with Crippen LogP contribution in [0.5, 0.6) is 0 Å². The topological polar surface area (TPSA) is 46.9 Å². The molecule has 0 aliphatic heterocycles. The van der Waals surface area contributed by atoms with Crippen LogP contribution in [0.25, 0.3) is 10.9 Å². The third-order valence-electron chi connectivity index (χ3n) is 3.33. The highest BCUT2D eigenvalue weighted by Gasteiger charge is 2.17. The van der Waals surface area contributed by atoms with Gasteiger partial charge >= 0.3 is 0 Å². The van der Waals surface area contributed by atoms with Crippen LogP contribution in [0, 0.1) is 17.5 Å². The molecule has 1 N–H and O–H groups in total. The van der Waals surface area contributed by atoms with Gasteiger partial charge in [-0.2, -0.15) is 0 Å². The Labute approximate surface area is 133 Å². The molecular weight excluding hydrogens is 331 g/mol. The molecule has 3 rings (SSSR count). The maximum atomic E-state index is 14.6. The van der Waals surface area contributed by atoms with Gasteiger partial charge in [0.05, 0.1) is 28.2 Å². The molecule has 4 nitrogen and oxygen atoms in total. The zero-order valence-electron chi connectivity index (χ0n) is 11.7. The lowest BCUT2D eigenvalue weighted by atomic mass is 10.2. The second kappa shape index (κ2) is 5.58. The SMILES string of the molecule is Cn1cnc2ccc(Nc3c(Cl)ccc(F)c3F)c(F)c2c1=O. The molecular formula is C15H9ClF3N3O. The van der Waals surface area contributed by atoms with E-state index in [1.54, 1.807) is 0 Å². The molecule has 0 fully saturated rings. The van der Waals surface area contributed by atoms with Crippen molar-refractivity contribution in [1.82, 2.24) is 9.55 Å². The third kappa shape index (κ3) is 2.53. The summed E-state index contributed by atoms with van der Waals surface area (Å²) in [4.78, 5) is 16.0. The molecule has 0 atom stereocenters. The zero-order chi connectivity index (χ0) is 16.7. The summed E-state index contributed by atoms with van der Waals surface area (Å²) in [6.45, 7) is 0. The van der Waals surface area contributed by atoms with Gasteiger partial charge < -0.3 is 9.88 Å². The fourth-order valence-corrected chi connectivity index (χ4v) is 2.32. The minimum absolute atomic E-state index is 0.123. The minimum Gasteiger partial charge on any atom is -0.349 e. The number of hydrogen-bond donors (Lipinski definition) is 1. The largest absolute Gasteiger partial charge is 0.349 e. The first-order valence-corrected chi connectivity index (χ1v) is 6.82. The van der Waals surface area contributed by atoms with E-state index in [2.05, 4.69) is 10.3 Å². The molecule has 0 saturated carbocycles. The maximum Gasteiger partial charge on any atom is 0.263 e. The van der Waals surface area contributed by atoms with Crippen molar-refractivity contribution in [3.05, 3.63) is 63.4 Å². The molecule has 0 saturated heterocycles. The molecule has 0 amide bonds. The first kappa shape index (κ1) is 15.4. The summed E-state index contributed by atoms with van der Waals surface area (Å²) >= 11 is 5.81. The highest BCUT2D eigenvalue weighted by molar-refractivity contribution is 6.33. The Morgan fingerprint density at radius 1 is 1.13 bits per heavy atom. The molecule has 0 bridgehead atoms. The van der Waals surface area contributed by atoms with Gasteiger partial charge in [-0.1, -0.05) is 11.6 Å². The van der Waals surface area contributed by atoms with Crippen molar-refractivity contribution in [2.45, 2.75) is 0 Å². The number of nitrogens with one attached hydrogen (secondary N) is 1. The van der Waals surface area contributed by atoms with Gasteiger partial charge in [0.1, 0.15) is 5.39 Å². The summed E-state index contributed by atoms with van der Waals surface area (Å²) in [7, 11) is 1.43. The lowest BCUT2D eigenvalue weighted by molar-refractivity contribution is 0.511. The van der Waals surface area contributed by atoms with Crippen LogP contribution in [0.4, 0.5) is 24.5 Å². The number of rotatable bonds is 2. The minimum atomic E-state index is -1.24. The van der Waals surface area contributed by atoms with Crippen LogP contribution in [0.2, 0.25) is 5.02 Å². The number of hydrogen-bond acceptors (Lipinski definition) is 3. The van der Waals surface area contributed by atoms with Crippen LogP contribution in [0.15, 0.2) is 35.4 Å². The van der Waals surface area contributed by atoms with Crippen LogP contribution in [0.1, 0.15) is 0 Å².